The van der Waals surface area contributed by atoms with Gasteiger partial charge in [-0.3, -0.25) is 0 Å². The average Bonchev–Trinajstić information content (AvgIpc) is 2.54. The van der Waals surface area contributed by atoms with Crippen LogP contribution in [0.2, 0.25) is 0 Å². The van der Waals surface area contributed by atoms with Crippen LogP contribution < -0.4 is 11.1 Å². The lowest BCUT2D eigenvalue weighted by Gasteiger charge is -2.15. The highest BCUT2D eigenvalue weighted by Crippen LogP contribution is 2.25. The molecular formula is C11H22N4O2. The van der Waals surface area contributed by atoms with Crippen molar-refractivity contribution in [2.24, 2.45) is 0 Å². The van der Waals surface area contributed by atoms with Crippen LogP contribution in [0.15, 0.2) is 0 Å². The van der Waals surface area contributed by atoms with E-state index in [-0.39, 0.29) is 6.04 Å². The summed E-state index contributed by atoms with van der Waals surface area (Å²) in [6.07, 6.45) is -0.560. The molecule has 1 aromatic rings. The van der Waals surface area contributed by atoms with Crippen LogP contribution in [-0.4, -0.2) is 41.3 Å². The summed E-state index contributed by atoms with van der Waals surface area (Å²) in [5, 5.41) is 17.0. The molecule has 4 N–H and O–H groups in total. The topological polar surface area (TPSA) is 85.3 Å². The van der Waals surface area contributed by atoms with Gasteiger partial charge < -0.3 is 20.9 Å². The number of aromatic nitrogens is 2. The van der Waals surface area contributed by atoms with Crippen LogP contribution in [0.5, 0.6) is 0 Å². The zero-order valence-electron chi connectivity index (χ0n) is 10.9. The number of ether oxygens (including phenoxy) is 1. The molecule has 0 aromatic carbocycles. The average molecular weight is 242 g/mol. The number of nitrogens with zero attached hydrogens (tertiary/aromatic N) is 2. The van der Waals surface area contributed by atoms with E-state index < -0.39 is 6.10 Å². The Kier molecular flexibility index (Phi) is 4.77. The Morgan fingerprint density at radius 2 is 2.18 bits per heavy atom. The van der Waals surface area contributed by atoms with Crippen LogP contribution in [0.4, 0.5) is 11.5 Å². The minimum atomic E-state index is -0.560. The largest absolute Gasteiger partial charge is 0.394 e. The standard InChI is InChI=1S/C11H22N4O2/c1-7(2)15-11(10(12)8(3)14-15)13-5-9(16)6-17-4/h7,9,13,16H,5-6,12H2,1-4H3. The maximum Gasteiger partial charge on any atom is 0.148 e. The number of nitrogens with two attached hydrogens (primary N) is 1. The number of rotatable bonds is 6. The van der Waals surface area contributed by atoms with Gasteiger partial charge in [-0.05, 0) is 20.8 Å². The maximum absolute atomic E-state index is 9.58. The molecule has 0 amide bonds. The van der Waals surface area contributed by atoms with Gasteiger partial charge in [0.05, 0.1) is 24.1 Å². The molecule has 0 aliphatic carbocycles. The van der Waals surface area contributed by atoms with Crippen molar-refractivity contribution in [2.75, 3.05) is 31.3 Å². The molecule has 1 aromatic heterocycles. The molecule has 98 valence electrons. The van der Waals surface area contributed by atoms with Gasteiger partial charge in [-0.15, -0.1) is 0 Å². The maximum atomic E-state index is 9.58. The van der Waals surface area contributed by atoms with Crippen molar-refractivity contribution in [2.45, 2.75) is 32.9 Å². The number of aliphatic hydroxyl groups excluding tert-OH is 1. The number of nitrogens with one attached hydrogen (secondary N) is 1. The fraction of sp³-hybridized carbons (Fsp3) is 0.727. The highest BCUT2D eigenvalue weighted by Gasteiger charge is 2.15. The van der Waals surface area contributed by atoms with Crippen LogP contribution in [0.25, 0.3) is 0 Å². The third-order valence-electron chi connectivity index (χ3n) is 2.49. The van der Waals surface area contributed by atoms with Gasteiger partial charge in [-0.2, -0.15) is 5.10 Å². The van der Waals surface area contributed by atoms with E-state index in [0.29, 0.717) is 18.8 Å². The Morgan fingerprint density at radius 3 is 2.71 bits per heavy atom. The molecular weight excluding hydrogens is 220 g/mol. The van der Waals surface area contributed by atoms with Crippen LogP contribution >= 0.6 is 0 Å². The Balaban J connectivity index is 2.75. The number of nitrogen functional groups attached to an aromatic ring is 1. The molecule has 0 bridgehead atoms. The summed E-state index contributed by atoms with van der Waals surface area (Å²) in [6.45, 7) is 6.61. The van der Waals surface area contributed by atoms with Crippen LogP contribution in [0.1, 0.15) is 25.6 Å². The van der Waals surface area contributed by atoms with Gasteiger partial charge in [0.2, 0.25) is 0 Å². The van der Waals surface area contributed by atoms with E-state index >= 15 is 0 Å². The monoisotopic (exact) mass is 242 g/mol. The van der Waals surface area contributed by atoms with Crippen molar-refractivity contribution < 1.29 is 9.84 Å². The summed E-state index contributed by atoms with van der Waals surface area (Å²) in [6, 6.07) is 0.216. The van der Waals surface area contributed by atoms with E-state index in [1.54, 1.807) is 7.11 Å². The molecule has 0 saturated heterocycles. The molecule has 0 aliphatic rings. The zero-order chi connectivity index (χ0) is 13.0. The van der Waals surface area contributed by atoms with Crippen molar-refractivity contribution in [3.05, 3.63) is 5.69 Å². The first-order valence-electron chi connectivity index (χ1n) is 5.72. The zero-order valence-corrected chi connectivity index (χ0v) is 10.9. The minimum Gasteiger partial charge on any atom is -0.394 e. The van der Waals surface area contributed by atoms with E-state index in [0.717, 1.165) is 11.5 Å². The van der Waals surface area contributed by atoms with E-state index in [4.69, 9.17) is 10.5 Å². The number of hydrogen-bond donors (Lipinski definition) is 3. The fourth-order valence-electron chi connectivity index (χ4n) is 1.58. The van der Waals surface area contributed by atoms with Gasteiger partial charge >= 0.3 is 0 Å². The Bertz CT molecular complexity index is 363. The summed E-state index contributed by atoms with van der Waals surface area (Å²) in [5.41, 5.74) is 7.36. The second kappa shape index (κ2) is 5.88. The number of methoxy groups -OCH3 is 1. The Morgan fingerprint density at radius 1 is 1.53 bits per heavy atom. The second-order valence-electron chi connectivity index (χ2n) is 4.38. The normalized spacial score (nSPS) is 13.1. The molecule has 0 aliphatic heterocycles. The van der Waals surface area contributed by atoms with Crippen molar-refractivity contribution in [3.8, 4) is 0 Å². The quantitative estimate of drug-likeness (QED) is 0.686. The van der Waals surface area contributed by atoms with E-state index in [2.05, 4.69) is 10.4 Å². The summed E-state index contributed by atoms with van der Waals surface area (Å²) >= 11 is 0. The fourth-order valence-corrected chi connectivity index (χ4v) is 1.58. The van der Waals surface area contributed by atoms with Gasteiger partial charge in [0.25, 0.3) is 0 Å². The van der Waals surface area contributed by atoms with Gasteiger partial charge in [0, 0.05) is 19.7 Å². The molecule has 1 atom stereocenters. The highest BCUT2D eigenvalue weighted by atomic mass is 16.5. The third-order valence-corrected chi connectivity index (χ3v) is 2.49. The molecule has 17 heavy (non-hydrogen) atoms. The predicted molar refractivity (Wildman–Crippen MR) is 68.1 cm³/mol. The number of anilines is 2. The molecule has 1 heterocycles. The number of hydrogen-bond acceptors (Lipinski definition) is 5. The van der Waals surface area contributed by atoms with Crippen molar-refractivity contribution >= 4 is 11.5 Å². The molecule has 0 spiro atoms. The smallest absolute Gasteiger partial charge is 0.148 e. The molecule has 0 radical (unpaired) electrons. The first kappa shape index (κ1) is 13.8. The van der Waals surface area contributed by atoms with E-state index in [1.807, 2.05) is 25.5 Å². The lowest BCUT2D eigenvalue weighted by atomic mass is 10.3. The summed E-state index contributed by atoms with van der Waals surface area (Å²) in [5.74, 6) is 0.757. The van der Waals surface area contributed by atoms with Gasteiger partial charge in [0.1, 0.15) is 5.82 Å². The van der Waals surface area contributed by atoms with E-state index in [1.165, 1.54) is 0 Å². The molecule has 1 unspecified atom stereocenters. The van der Waals surface area contributed by atoms with Crippen molar-refractivity contribution in [3.63, 3.8) is 0 Å². The van der Waals surface area contributed by atoms with Crippen LogP contribution in [0.3, 0.4) is 0 Å². The predicted octanol–water partition coefficient (Wildman–Crippen LogP) is 0.774. The van der Waals surface area contributed by atoms with Crippen LogP contribution in [-0.2, 0) is 4.74 Å². The van der Waals surface area contributed by atoms with E-state index in [9.17, 15) is 5.11 Å². The van der Waals surface area contributed by atoms with Crippen molar-refractivity contribution in [1.29, 1.82) is 0 Å². The molecule has 6 nitrogen and oxygen atoms in total. The van der Waals surface area contributed by atoms with Gasteiger partial charge in [-0.1, -0.05) is 0 Å². The minimum absolute atomic E-state index is 0.216. The molecule has 1 rings (SSSR count). The molecule has 0 saturated carbocycles. The SMILES string of the molecule is COCC(O)CNc1c(N)c(C)nn1C(C)C. The number of aryl methyl sites for hydroxylation is 1. The third kappa shape index (κ3) is 3.34. The lowest BCUT2D eigenvalue weighted by Crippen LogP contribution is -2.25. The van der Waals surface area contributed by atoms with Crippen molar-refractivity contribution in [1.82, 2.24) is 9.78 Å². The first-order chi connectivity index (χ1) is 7.97. The van der Waals surface area contributed by atoms with Gasteiger partial charge in [0.15, 0.2) is 0 Å². The first-order valence-corrected chi connectivity index (χ1v) is 5.72. The highest BCUT2D eigenvalue weighted by molar-refractivity contribution is 5.64. The molecule has 6 heteroatoms. The molecule has 0 fully saturated rings. The Labute approximate surface area is 102 Å². The second-order valence-corrected chi connectivity index (χ2v) is 4.38. The summed E-state index contributed by atoms with van der Waals surface area (Å²) in [7, 11) is 1.56. The number of aliphatic hydroxyl groups is 1. The van der Waals surface area contributed by atoms with Crippen LogP contribution in [0, 0.1) is 6.92 Å². The van der Waals surface area contributed by atoms with Gasteiger partial charge in [-0.25, -0.2) is 4.68 Å². The summed E-state index contributed by atoms with van der Waals surface area (Å²) < 4.78 is 6.69. The lowest BCUT2D eigenvalue weighted by molar-refractivity contribution is 0.0726. The summed E-state index contributed by atoms with van der Waals surface area (Å²) in [4.78, 5) is 0. The Hall–Kier alpha value is -1.27.